The van der Waals surface area contributed by atoms with Gasteiger partial charge in [0, 0.05) is 23.6 Å². The van der Waals surface area contributed by atoms with Gasteiger partial charge in [-0.15, -0.1) is 0 Å². The van der Waals surface area contributed by atoms with Crippen LogP contribution in [0.5, 0.6) is 0 Å². The summed E-state index contributed by atoms with van der Waals surface area (Å²) in [7, 11) is 0. The summed E-state index contributed by atoms with van der Waals surface area (Å²) in [6.45, 7) is 6.71. The molecule has 1 heterocycles. The largest absolute Gasteiger partial charge is 0.315 e. The first-order valence-corrected chi connectivity index (χ1v) is 8.26. The second-order valence-electron chi connectivity index (χ2n) is 5.22. The fraction of sp³-hybridized carbons (Fsp3) is 0.600. The molecule has 0 aliphatic carbocycles. The molecule has 1 aromatic carbocycles. The number of hydrogen-bond donors (Lipinski definition) is 1. The molecule has 2 rings (SSSR count). The van der Waals surface area contributed by atoms with Crippen LogP contribution in [0.15, 0.2) is 22.7 Å². The van der Waals surface area contributed by atoms with Gasteiger partial charge in [0.15, 0.2) is 0 Å². The van der Waals surface area contributed by atoms with E-state index in [0.717, 1.165) is 29.1 Å². The van der Waals surface area contributed by atoms with Crippen molar-refractivity contribution in [3.05, 3.63) is 33.3 Å². The van der Waals surface area contributed by atoms with Gasteiger partial charge in [0.25, 0.3) is 0 Å². The second kappa shape index (κ2) is 7.63. The average molecular weight is 346 g/mol. The molecule has 2 nitrogen and oxygen atoms in total. The minimum atomic E-state index is 0.670. The van der Waals surface area contributed by atoms with Crippen LogP contribution in [-0.4, -0.2) is 30.6 Å². The molecule has 4 heteroatoms. The molecule has 106 valence electrons. The molecule has 1 aliphatic rings. The zero-order chi connectivity index (χ0) is 13.7. The van der Waals surface area contributed by atoms with Crippen LogP contribution in [0.1, 0.15) is 31.7 Å². The van der Waals surface area contributed by atoms with Crippen LogP contribution in [0.2, 0.25) is 5.02 Å². The van der Waals surface area contributed by atoms with Crippen molar-refractivity contribution in [3.63, 3.8) is 0 Å². The smallest absolute Gasteiger partial charge is 0.0548 e. The molecular formula is C15H22BrClN2. The Morgan fingerprint density at radius 1 is 1.47 bits per heavy atom. The van der Waals surface area contributed by atoms with Crippen molar-refractivity contribution in [1.29, 1.82) is 0 Å². The molecule has 19 heavy (non-hydrogen) atoms. The number of rotatable bonds is 5. The average Bonchev–Trinajstić information content (AvgIpc) is 2.43. The Kier molecular flexibility index (Phi) is 6.14. The summed E-state index contributed by atoms with van der Waals surface area (Å²) in [5.41, 5.74) is 1.33. The molecule has 0 spiro atoms. The summed E-state index contributed by atoms with van der Waals surface area (Å²) >= 11 is 9.56. The van der Waals surface area contributed by atoms with Crippen molar-refractivity contribution in [2.75, 3.05) is 19.6 Å². The van der Waals surface area contributed by atoms with Gasteiger partial charge >= 0.3 is 0 Å². The number of benzene rings is 1. The Balaban J connectivity index is 2.04. The van der Waals surface area contributed by atoms with Crippen LogP contribution in [0, 0.1) is 0 Å². The molecule has 1 N–H and O–H groups in total. The lowest BCUT2D eigenvalue weighted by atomic mass is 10.0. The Hall–Kier alpha value is -0.0900. The molecule has 1 aromatic rings. The summed E-state index contributed by atoms with van der Waals surface area (Å²) < 4.78 is 0.991. The molecule has 1 saturated heterocycles. The molecule has 0 radical (unpaired) electrons. The third kappa shape index (κ3) is 4.45. The highest BCUT2D eigenvalue weighted by Gasteiger charge is 2.20. The molecule has 0 saturated carbocycles. The van der Waals surface area contributed by atoms with E-state index in [2.05, 4.69) is 45.2 Å². The van der Waals surface area contributed by atoms with E-state index in [-0.39, 0.29) is 0 Å². The van der Waals surface area contributed by atoms with Crippen LogP contribution < -0.4 is 5.32 Å². The minimum absolute atomic E-state index is 0.670. The number of piperidine rings is 1. The van der Waals surface area contributed by atoms with Crippen molar-refractivity contribution in [3.8, 4) is 0 Å². The Bertz CT molecular complexity index is 405. The monoisotopic (exact) mass is 344 g/mol. The molecule has 0 aromatic heterocycles. The van der Waals surface area contributed by atoms with E-state index in [1.165, 1.54) is 31.4 Å². The van der Waals surface area contributed by atoms with Gasteiger partial charge in [0.05, 0.1) is 5.02 Å². The van der Waals surface area contributed by atoms with Crippen LogP contribution in [0.25, 0.3) is 0 Å². The maximum absolute atomic E-state index is 6.06. The van der Waals surface area contributed by atoms with Gasteiger partial charge in [-0.3, -0.25) is 4.90 Å². The third-order valence-electron chi connectivity index (χ3n) is 3.67. The fourth-order valence-corrected chi connectivity index (χ4v) is 3.24. The molecule has 0 bridgehead atoms. The Morgan fingerprint density at radius 2 is 2.32 bits per heavy atom. The topological polar surface area (TPSA) is 15.3 Å². The highest BCUT2D eigenvalue weighted by molar-refractivity contribution is 9.10. The zero-order valence-electron chi connectivity index (χ0n) is 11.5. The van der Waals surface area contributed by atoms with E-state index in [9.17, 15) is 0 Å². The SMILES string of the molecule is CCCN(Cc1ccc(Cl)c(Br)c1)C1CCCNC1. The first kappa shape index (κ1) is 15.3. The zero-order valence-corrected chi connectivity index (χ0v) is 13.8. The maximum atomic E-state index is 6.06. The van der Waals surface area contributed by atoms with Crippen molar-refractivity contribution >= 4 is 27.5 Å². The summed E-state index contributed by atoms with van der Waals surface area (Å²) in [4.78, 5) is 2.60. The van der Waals surface area contributed by atoms with Crippen molar-refractivity contribution in [2.45, 2.75) is 38.8 Å². The molecule has 1 fully saturated rings. The molecule has 0 amide bonds. The van der Waals surface area contributed by atoms with Gasteiger partial charge in [0.2, 0.25) is 0 Å². The standard InChI is InChI=1S/C15H22BrClN2/c1-2-8-19(13-4-3-7-18-10-13)11-12-5-6-15(17)14(16)9-12/h5-6,9,13,18H,2-4,7-8,10-11H2,1H3. The Morgan fingerprint density at radius 3 is 2.95 bits per heavy atom. The first-order chi connectivity index (χ1) is 9.20. The highest BCUT2D eigenvalue weighted by atomic mass is 79.9. The van der Waals surface area contributed by atoms with E-state index < -0.39 is 0 Å². The normalized spacial score (nSPS) is 19.9. The molecule has 1 unspecified atom stereocenters. The summed E-state index contributed by atoms with van der Waals surface area (Å²) in [5.74, 6) is 0. The van der Waals surface area contributed by atoms with Crippen LogP contribution in [0.4, 0.5) is 0 Å². The predicted octanol–water partition coefficient (Wildman–Crippen LogP) is 4.07. The lowest BCUT2D eigenvalue weighted by Crippen LogP contribution is -2.45. The van der Waals surface area contributed by atoms with E-state index in [1.807, 2.05) is 6.07 Å². The predicted molar refractivity (Wildman–Crippen MR) is 85.7 cm³/mol. The summed E-state index contributed by atoms with van der Waals surface area (Å²) in [6.07, 6.45) is 3.79. The summed E-state index contributed by atoms with van der Waals surface area (Å²) in [6, 6.07) is 6.92. The molecule has 1 atom stereocenters. The van der Waals surface area contributed by atoms with Crippen LogP contribution in [-0.2, 0) is 6.54 Å². The highest BCUT2D eigenvalue weighted by Crippen LogP contribution is 2.24. The second-order valence-corrected chi connectivity index (χ2v) is 6.48. The lowest BCUT2D eigenvalue weighted by Gasteiger charge is -2.34. The Labute approximate surface area is 129 Å². The number of hydrogen-bond acceptors (Lipinski definition) is 2. The van der Waals surface area contributed by atoms with E-state index in [1.54, 1.807) is 0 Å². The van der Waals surface area contributed by atoms with Crippen molar-refractivity contribution in [1.82, 2.24) is 10.2 Å². The molecule has 1 aliphatic heterocycles. The van der Waals surface area contributed by atoms with Gasteiger partial charge in [-0.05, 0) is 66.0 Å². The fourth-order valence-electron chi connectivity index (χ4n) is 2.70. The van der Waals surface area contributed by atoms with Gasteiger partial charge < -0.3 is 5.32 Å². The van der Waals surface area contributed by atoms with Gasteiger partial charge in [-0.2, -0.15) is 0 Å². The maximum Gasteiger partial charge on any atom is 0.0548 e. The van der Waals surface area contributed by atoms with Crippen LogP contribution in [0.3, 0.4) is 0 Å². The number of nitrogens with zero attached hydrogens (tertiary/aromatic N) is 1. The van der Waals surface area contributed by atoms with E-state index >= 15 is 0 Å². The summed E-state index contributed by atoms with van der Waals surface area (Å²) in [5, 5.41) is 4.29. The van der Waals surface area contributed by atoms with E-state index in [4.69, 9.17) is 11.6 Å². The van der Waals surface area contributed by atoms with Crippen LogP contribution >= 0.6 is 27.5 Å². The number of halogens is 2. The minimum Gasteiger partial charge on any atom is -0.315 e. The van der Waals surface area contributed by atoms with E-state index in [0.29, 0.717) is 6.04 Å². The third-order valence-corrected chi connectivity index (χ3v) is 4.88. The number of nitrogens with one attached hydrogen (secondary N) is 1. The van der Waals surface area contributed by atoms with Crippen molar-refractivity contribution in [2.24, 2.45) is 0 Å². The molecular weight excluding hydrogens is 324 g/mol. The quantitative estimate of drug-likeness (QED) is 0.865. The lowest BCUT2D eigenvalue weighted by molar-refractivity contribution is 0.158. The van der Waals surface area contributed by atoms with Gasteiger partial charge in [0.1, 0.15) is 0 Å². The van der Waals surface area contributed by atoms with Gasteiger partial charge in [-0.1, -0.05) is 24.6 Å². The van der Waals surface area contributed by atoms with Crippen molar-refractivity contribution < 1.29 is 0 Å². The first-order valence-electron chi connectivity index (χ1n) is 7.09. The van der Waals surface area contributed by atoms with Gasteiger partial charge in [-0.25, -0.2) is 0 Å².